The molecule has 0 aliphatic carbocycles. The molecule has 0 unspecified atom stereocenters. The number of nitrogens with zero attached hydrogens (tertiary/aromatic N) is 1. The summed E-state index contributed by atoms with van der Waals surface area (Å²) in [6, 6.07) is 11.6. The zero-order chi connectivity index (χ0) is 26.4. The van der Waals surface area contributed by atoms with Crippen molar-refractivity contribution in [1.29, 1.82) is 0 Å². The number of allylic oxidation sites excluding steroid dienone is 1. The molecule has 0 spiro atoms. The van der Waals surface area contributed by atoms with Gasteiger partial charge in [0.05, 0.1) is 16.7 Å². The molecule has 0 saturated heterocycles. The SMILES string of the molecule is C/C=C\c1cc(SCc2sc(-c3ccc(C(F)(F)F)cc3)nc2C)ccc1C.CC(C)(C)C(=O)O. The van der Waals surface area contributed by atoms with Gasteiger partial charge in [-0.2, -0.15) is 13.2 Å². The molecule has 35 heavy (non-hydrogen) atoms. The van der Waals surface area contributed by atoms with Crippen molar-refractivity contribution in [2.45, 2.75) is 58.4 Å². The Hall–Kier alpha value is -2.58. The highest BCUT2D eigenvalue weighted by Gasteiger charge is 2.30. The van der Waals surface area contributed by atoms with Crippen LogP contribution in [0.1, 0.15) is 55.0 Å². The lowest BCUT2D eigenvalue weighted by atomic mass is 9.98. The first-order valence-electron chi connectivity index (χ1n) is 11.0. The average molecular weight is 522 g/mol. The number of thiazole rings is 1. The predicted molar refractivity (Wildman–Crippen MR) is 140 cm³/mol. The molecular weight excluding hydrogens is 491 g/mol. The van der Waals surface area contributed by atoms with Gasteiger partial charge in [0.25, 0.3) is 0 Å². The predicted octanol–water partition coefficient (Wildman–Crippen LogP) is 8.89. The van der Waals surface area contributed by atoms with Gasteiger partial charge in [-0.05, 0) is 76.9 Å². The number of aliphatic carboxylic acids is 1. The molecule has 0 amide bonds. The molecule has 0 aliphatic rings. The highest BCUT2D eigenvalue weighted by atomic mass is 32.2. The summed E-state index contributed by atoms with van der Waals surface area (Å²) in [5, 5.41) is 9.00. The average Bonchev–Trinajstić information content (AvgIpc) is 3.14. The number of aryl methyl sites for hydroxylation is 2. The maximum absolute atomic E-state index is 12.7. The van der Waals surface area contributed by atoms with E-state index in [2.05, 4.69) is 36.2 Å². The van der Waals surface area contributed by atoms with E-state index in [0.29, 0.717) is 5.56 Å². The van der Waals surface area contributed by atoms with Crippen LogP contribution in [0.25, 0.3) is 16.6 Å². The molecule has 0 fully saturated rings. The van der Waals surface area contributed by atoms with E-state index < -0.39 is 23.1 Å². The van der Waals surface area contributed by atoms with Gasteiger partial charge in [0, 0.05) is 21.1 Å². The van der Waals surface area contributed by atoms with E-state index >= 15 is 0 Å². The Kier molecular flexibility index (Phi) is 9.75. The molecule has 0 bridgehead atoms. The van der Waals surface area contributed by atoms with Crippen LogP contribution in [0.15, 0.2) is 53.4 Å². The molecule has 8 heteroatoms. The molecule has 3 nitrogen and oxygen atoms in total. The number of benzene rings is 2. The normalized spacial score (nSPS) is 11.9. The summed E-state index contributed by atoms with van der Waals surface area (Å²) < 4.78 is 38.2. The number of rotatable bonds is 5. The Balaban J connectivity index is 0.000000540. The fraction of sp³-hybridized carbons (Fsp3) is 0.333. The van der Waals surface area contributed by atoms with Gasteiger partial charge in [0.1, 0.15) is 5.01 Å². The summed E-state index contributed by atoms with van der Waals surface area (Å²) in [5.74, 6) is 0.0233. The van der Waals surface area contributed by atoms with Crippen molar-refractivity contribution in [1.82, 2.24) is 4.98 Å². The summed E-state index contributed by atoms with van der Waals surface area (Å²) in [4.78, 5) is 16.9. The van der Waals surface area contributed by atoms with Crippen LogP contribution in [-0.2, 0) is 16.7 Å². The molecule has 2 aromatic carbocycles. The molecule has 188 valence electrons. The van der Waals surface area contributed by atoms with Crippen molar-refractivity contribution in [3.63, 3.8) is 0 Å². The highest BCUT2D eigenvalue weighted by molar-refractivity contribution is 7.98. The first kappa shape index (κ1) is 28.7. The van der Waals surface area contributed by atoms with Crippen molar-refractivity contribution in [3.8, 4) is 10.6 Å². The minimum Gasteiger partial charge on any atom is -0.481 e. The van der Waals surface area contributed by atoms with Crippen LogP contribution in [-0.4, -0.2) is 16.1 Å². The third-order valence-corrected chi connectivity index (χ3v) is 7.37. The van der Waals surface area contributed by atoms with E-state index in [1.807, 2.05) is 19.9 Å². The molecule has 0 aliphatic heterocycles. The molecule has 3 rings (SSSR count). The Morgan fingerprint density at radius 1 is 1.09 bits per heavy atom. The summed E-state index contributed by atoms with van der Waals surface area (Å²) in [5.41, 5.74) is 2.85. The van der Waals surface area contributed by atoms with Gasteiger partial charge in [0.15, 0.2) is 0 Å². The van der Waals surface area contributed by atoms with Gasteiger partial charge >= 0.3 is 12.1 Å². The molecule has 3 aromatic rings. The Bertz CT molecular complexity index is 1170. The van der Waals surface area contributed by atoms with Crippen LogP contribution in [0.5, 0.6) is 0 Å². The zero-order valence-corrected chi connectivity index (χ0v) is 22.3. The Morgan fingerprint density at radius 2 is 1.69 bits per heavy atom. The molecular formula is C27H30F3NO2S2. The van der Waals surface area contributed by atoms with Gasteiger partial charge in [0.2, 0.25) is 0 Å². The molecule has 0 saturated carbocycles. The number of halogens is 3. The maximum atomic E-state index is 12.7. The number of thioether (sulfide) groups is 1. The number of hydrogen-bond donors (Lipinski definition) is 1. The summed E-state index contributed by atoms with van der Waals surface area (Å²) >= 11 is 3.27. The monoisotopic (exact) mass is 521 g/mol. The minimum absolute atomic E-state index is 0.583. The van der Waals surface area contributed by atoms with Crippen molar-refractivity contribution < 1.29 is 23.1 Å². The van der Waals surface area contributed by atoms with Crippen molar-refractivity contribution in [2.24, 2.45) is 5.41 Å². The van der Waals surface area contributed by atoms with Crippen LogP contribution >= 0.6 is 23.1 Å². The molecule has 1 heterocycles. The zero-order valence-electron chi connectivity index (χ0n) is 20.7. The minimum atomic E-state index is -4.32. The Morgan fingerprint density at radius 3 is 2.20 bits per heavy atom. The van der Waals surface area contributed by atoms with Gasteiger partial charge in [-0.25, -0.2) is 4.98 Å². The number of carboxylic acids is 1. The highest BCUT2D eigenvalue weighted by Crippen LogP contribution is 2.35. The van der Waals surface area contributed by atoms with Gasteiger partial charge in [-0.3, -0.25) is 4.79 Å². The number of alkyl halides is 3. The third kappa shape index (κ3) is 8.54. The summed E-state index contributed by atoms with van der Waals surface area (Å²) in [7, 11) is 0. The fourth-order valence-electron chi connectivity index (χ4n) is 2.70. The topological polar surface area (TPSA) is 50.2 Å². The summed E-state index contributed by atoms with van der Waals surface area (Å²) in [6.07, 6.45) is -0.195. The maximum Gasteiger partial charge on any atom is 0.416 e. The van der Waals surface area contributed by atoms with Crippen LogP contribution in [0, 0.1) is 19.3 Å². The van der Waals surface area contributed by atoms with Gasteiger partial charge in [-0.15, -0.1) is 23.1 Å². The third-order valence-electron chi connectivity index (χ3n) is 4.96. The van der Waals surface area contributed by atoms with E-state index in [0.717, 1.165) is 33.5 Å². The summed E-state index contributed by atoms with van der Waals surface area (Å²) in [6.45, 7) is 11.0. The number of aromatic nitrogens is 1. The Labute approximate surface area is 213 Å². The van der Waals surface area contributed by atoms with E-state index in [9.17, 15) is 18.0 Å². The smallest absolute Gasteiger partial charge is 0.416 e. The van der Waals surface area contributed by atoms with Crippen LogP contribution < -0.4 is 0 Å². The first-order valence-corrected chi connectivity index (χ1v) is 12.8. The second-order valence-corrected chi connectivity index (χ2v) is 11.1. The number of carbonyl (C=O) groups is 1. The fourth-order valence-corrected chi connectivity index (χ4v) is 4.86. The largest absolute Gasteiger partial charge is 0.481 e. The van der Waals surface area contributed by atoms with Crippen molar-refractivity contribution in [2.75, 3.05) is 0 Å². The first-order chi connectivity index (χ1) is 16.2. The van der Waals surface area contributed by atoms with Crippen LogP contribution in [0.3, 0.4) is 0 Å². The lowest BCUT2D eigenvalue weighted by Crippen LogP contribution is -2.18. The second-order valence-electron chi connectivity index (χ2n) is 8.96. The van der Waals surface area contributed by atoms with E-state index in [4.69, 9.17) is 5.11 Å². The van der Waals surface area contributed by atoms with Gasteiger partial charge in [-0.1, -0.05) is 30.4 Å². The van der Waals surface area contributed by atoms with Gasteiger partial charge < -0.3 is 5.11 Å². The van der Waals surface area contributed by atoms with Crippen molar-refractivity contribution >= 4 is 35.1 Å². The lowest BCUT2D eigenvalue weighted by Gasteiger charge is -2.08. The second kappa shape index (κ2) is 11.9. The number of carboxylic acid groups (broad SMARTS) is 1. The molecule has 1 aromatic heterocycles. The molecule has 0 radical (unpaired) electrons. The van der Waals surface area contributed by atoms with Crippen LogP contribution in [0.4, 0.5) is 13.2 Å². The van der Waals surface area contributed by atoms with Crippen molar-refractivity contribution in [3.05, 3.63) is 75.8 Å². The van der Waals surface area contributed by atoms with E-state index in [1.54, 1.807) is 32.5 Å². The lowest BCUT2D eigenvalue weighted by molar-refractivity contribution is -0.145. The quantitative estimate of drug-likeness (QED) is 0.341. The molecule has 1 N–H and O–H groups in total. The standard InChI is InChI=1S/C22H20F3NS2.C5H10O2/c1-4-5-17-12-19(11-6-14(17)2)27-13-20-15(3)26-21(28-20)16-7-9-18(10-8-16)22(23,24)25;1-5(2,3)4(6)7/h4-12H,13H2,1-3H3;1-3H3,(H,6,7)/b5-4-;. The van der Waals surface area contributed by atoms with E-state index in [1.165, 1.54) is 39.5 Å². The molecule has 0 atom stereocenters. The number of hydrogen-bond acceptors (Lipinski definition) is 4. The van der Waals surface area contributed by atoms with E-state index in [-0.39, 0.29) is 0 Å². The van der Waals surface area contributed by atoms with Crippen LogP contribution in [0.2, 0.25) is 0 Å².